The third-order valence-corrected chi connectivity index (χ3v) is 5.34. The third kappa shape index (κ3) is 4.70. The predicted octanol–water partition coefficient (Wildman–Crippen LogP) is 2.80. The minimum atomic E-state index is -0.975. The molecule has 0 aliphatic carbocycles. The van der Waals surface area contributed by atoms with Crippen molar-refractivity contribution in [2.45, 2.75) is 24.7 Å². The van der Waals surface area contributed by atoms with Crippen molar-refractivity contribution >= 4 is 11.9 Å². The van der Waals surface area contributed by atoms with Gasteiger partial charge in [-0.2, -0.15) is 0 Å². The molecule has 6 heteroatoms. The zero-order chi connectivity index (χ0) is 20.0. The van der Waals surface area contributed by atoms with Crippen molar-refractivity contribution in [2.75, 3.05) is 26.9 Å². The van der Waals surface area contributed by atoms with Crippen LogP contribution in [-0.4, -0.2) is 43.9 Å². The summed E-state index contributed by atoms with van der Waals surface area (Å²) in [6, 6.07) is 14.4. The number of hydrogen-bond donors (Lipinski definition) is 2. The molecule has 0 unspecified atom stereocenters. The lowest BCUT2D eigenvalue weighted by Gasteiger charge is -2.38. The molecule has 0 radical (unpaired) electrons. The minimum Gasteiger partial charge on any atom is -0.497 e. The van der Waals surface area contributed by atoms with E-state index in [1.165, 1.54) is 17.7 Å². The maximum atomic E-state index is 12.5. The van der Waals surface area contributed by atoms with E-state index in [0.29, 0.717) is 19.8 Å². The van der Waals surface area contributed by atoms with E-state index < -0.39 is 5.97 Å². The number of carbonyl (C=O) groups is 2. The lowest BCUT2D eigenvalue weighted by molar-refractivity contribution is -0.121. The Morgan fingerprint density at radius 3 is 2.29 bits per heavy atom. The summed E-state index contributed by atoms with van der Waals surface area (Å²) in [6.07, 6.45) is 1.90. The van der Waals surface area contributed by atoms with Crippen molar-refractivity contribution in [3.05, 3.63) is 65.2 Å². The minimum absolute atomic E-state index is 0.0811. The summed E-state index contributed by atoms with van der Waals surface area (Å²) < 4.78 is 10.8. The maximum Gasteiger partial charge on any atom is 0.335 e. The number of aromatic carboxylic acids is 1. The number of amides is 1. The normalized spacial score (nSPS) is 15.6. The second kappa shape index (κ2) is 8.89. The number of benzene rings is 2. The fraction of sp³-hybridized carbons (Fsp3) is 0.364. The number of ether oxygens (including phenoxy) is 2. The molecule has 1 heterocycles. The molecule has 0 saturated carbocycles. The van der Waals surface area contributed by atoms with Gasteiger partial charge in [0.15, 0.2) is 0 Å². The second-order valence-electron chi connectivity index (χ2n) is 7.08. The molecule has 1 amide bonds. The highest BCUT2D eigenvalue weighted by Crippen LogP contribution is 2.35. The van der Waals surface area contributed by atoms with Crippen LogP contribution in [0.2, 0.25) is 0 Å². The van der Waals surface area contributed by atoms with Gasteiger partial charge >= 0.3 is 5.97 Å². The molecular formula is C22H25NO5. The average molecular weight is 383 g/mol. The van der Waals surface area contributed by atoms with Gasteiger partial charge < -0.3 is 19.9 Å². The van der Waals surface area contributed by atoms with Gasteiger partial charge in [-0.3, -0.25) is 4.79 Å². The molecule has 0 bridgehead atoms. The van der Waals surface area contributed by atoms with Crippen LogP contribution < -0.4 is 10.1 Å². The van der Waals surface area contributed by atoms with Crippen LogP contribution in [0.4, 0.5) is 0 Å². The number of hydrogen-bond acceptors (Lipinski definition) is 4. The first-order valence-electron chi connectivity index (χ1n) is 9.34. The summed E-state index contributed by atoms with van der Waals surface area (Å²) in [5.74, 6) is -0.251. The first-order valence-corrected chi connectivity index (χ1v) is 9.34. The molecule has 1 aliphatic rings. The van der Waals surface area contributed by atoms with Crippen molar-refractivity contribution in [2.24, 2.45) is 0 Å². The van der Waals surface area contributed by atoms with Crippen LogP contribution in [0, 0.1) is 0 Å². The van der Waals surface area contributed by atoms with Crippen molar-refractivity contribution in [1.29, 1.82) is 0 Å². The van der Waals surface area contributed by atoms with E-state index in [1.54, 1.807) is 19.2 Å². The smallest absolute Gasteiger partial charge is 0.335 e. The highest BCUT2D eigenvalue weighted by atomic mass is 16.5. The Labute approximate surface area is 164 Å². The number of methoxy groups -OCH3 is 1. The van der Waals surface area contributed by atoms with Crippen LogP contribution in [0.5, 0.6) is 5.75 Å². The molecule has 2 N–H and O–H groups in total. The van der Waals surface area contributed by atoms with E-state index >= 15 is 0 Å². The fourth-order valence-electron chi connectivity index (χ4n) is 3.56. The number of nitrogens with one attached hydrogen (secondary N) is 1. The van der Waals surface area contributed by atoms with Crippen LogP contribution in [-0.2, 0) is 21.4 Å². The van der Waals surface area contributed by atoms with Gasteiger partial charge in [0.25, 0.3) is 0 Å². The molecule has 1 saturated heterocycles. The van der Waals surface area contributed by atoms with Gasteiger partial charge in [-0.05, 0) is 48.2 Å². The molecule has 28 heavy (non-hydrogen) atoms. The van der Waals surface area contributed by atoms with Gasteiger partial charge in [-0.15, -0.1) is 0 Å². The Bertz CT molecular complexity index is 808. The summed E-state index contributed by atoms with van der Waals surface area (Å²) in [7, 11) is 1.64. The third-order valence-electron chi connectivity index (χ3n) is 5.34. The molecule has 0 spiro atoms. The van der Waals surface area contributed by atoms with Gasteiger partial charge in [0, 0.05) is 25.2 Å². The van der Waals surface area contributed by atoms with Crippen molar-refractivity contribution in [3.8, 4) is 5.75 Å². The first-order chi connectivity index (χ1) is 13.5. The van der Waals surface area contributed by atoms with Gasteiger partial charge in [-0.1, -0.05) is 24.3 Å². The van der Waals surface area contributed by atoms with Gasteiger partial charge in [-0.25, -0.2) is 4.79 Å². The SMILES string of the molecule is COc1ccc(C2(CNC(=O)Cc3ccc(C(=O)O)cc3)CCOCC2)cc1. The van der Waals surface area contributed by atoms with Crippen LogP contribution in [0.25, 0.3) is 0 Å². The summed E-state index contributed by atoms with van der Waals surface area (Å²) in [4.78, 5) is 23.4. The lowest BCUT2D eigenvalue weighted by atomic mass is 9.74. The topological polar surface area (TPSA) is 84.9 Å². The highest BCUT2D eigenvalue weighted by Gasteiger charge is 2.34. The molecule has 2 aromatic carbocycles. The Morgan fingerprint density at radius 1 is 1.07 bits per heavy atom. The maximum absolute atomic E-state index is 12.5. The van der Waals surface area contributed by atoms with Crippen molar-refractivity contribution in [3.63, 3.8) is 0 Å². The van der Waals surface area contributed by atoms with Crippen molar-refractivity contribution in [1.82, 2.24) is 5.32 Å². The van der Waals surface area contributed by atoms with E-state index in [1.807, 2.05) is 12.1 Å². The standard InChI is InChI=1S/C22H25NO5/c1-27-19-8-6-18(7-9-19)22(10-12-28-13-11-22)15-23-20(24)14-16-2-4-17(5-3-16)21(25)26/h2-9H,10-15H2,1H3,(H,23,24)(H,25,26). The number of carbonyl (C=O) groups excluding carboxylic acids is 1. The molecular weight excluding hydrogens is 358 g/mol. The number of carboxylic acids is 1. The summed E-state index contributed by atoms with van der Waals surface area (Å²) in [5, 5.41) is 12.0. The summed E-state index contributed by atoms with van der Waals surface area (Å²) >= 11 is 0. The van der Waals surface area contributed by atoms with E-state index in [0.717, 1.165) is 24.2 Å². The van der Waals surface area contributed by atoms with E-state index in [4.69, 9.17) is 14.6 Å². The molecule has 0 atom stereocenters. The van der Waals surface area contributed by atoms with E-state index in [9.17, 15) is 9.59 Å². The Kier molecular flexibility index (Phi) is 6.31. The van der Waals surface area contributed by atoms with E-state index in [-0.39, 0.29) is 23.3 Å². The molecule has 6 nitrogen and oxygen atoms in total. The quantitative estimate of drug-likeness (QED) is 0.768. The summed E-state index contributed by atoms with van der Waals surface area (Å²) in [5.41, 5.74) is 2.01. The monoisotopic (exact) mass is 383 g/mol. The molecule has 148 valence electrons. The molecule has 1 aliphatic heterocycles. The second-order valence-corrected chi connectivity index (χ2v) is 7.08. The fourth-order valence-corrected chi connectivity index (χ4v) is 3.56. The largest absolute Gasteiger partial charge is 0.497 e. The Morgan fingerprint density at radius 2 is 1.71 bits per heavy atom. The predicted molar refractivity (Wildman–Crippen MR) is 105 cm³/mol. The molecule has 3 rings (SSSR count). The van der Waals surface area contributed by atoms with Gasteiger partial charge in [0.05, 0.1) is 19.1 Å². The first kappa shape index (κ1) is 19.9. The zero-order valence-electron chi connectivity index (χ0n) is 15.9. The van der Waals surface area contributed by atoms with Crippen LogP contribution in [0.3, 0.4) is 0 Å². The molecule has 1 fully saturated rings. The van der Waals surface area contributed by atoms with Crippen LogP contribution in [0.1, 0.15) is 34.3 Å². The average Bonchev–Trinajstić information content (AvgIpc) is 2.73. The summed E-state index contributed by atoms with van der Waals surface area (Å²) in [6.45, 7) is 1.87. The Balaban J connectivity index is 1.66. The zero-order valence-corrected chi connectivity index (χ0v) is 15.9. The van der Waals surface area contributed by atoms with Crippen LogP contribution >= 0.6 is 0 Å². The van der Waals surface area contributed by atoms with E-state index in [2.05, 4.69) is 17.4 Å². The van der Waals surface area contributed by atoms with Gasteiger partial charge in [0.2, 0.25) is 5.91 Å². The van der Waals surface area contributed by atoms with Gasteiger partial charge in [0.1, 0.15) is 5.75 Å². The lowest BCUT2D eigenvalue weighted by Crippen LogP contribution is -2.45. The molecule has 2 aromatic rings. The van der Waals surface area contributed by atoms with Crippen molar-refractivity contribution < 1.29 is 24.2 Å². The Hall–Kier alpha value is -2.86. The molecule has 0 aromatic heterocycles. The number of carboxylic acid groups (broad SMARTS) is 1. The van der Waals surface area contributed by atoms with Crippen LogP contribution in [0.15, 0.2) is 48.5 Å². The highest BCUT2D eigenvalue weighted by molar-refractivity contribution is 5.87. The number of rotatable bonds is 7.